The highest BCUT2D eigenvalue weighted by atomic mass is 32.2. The summed E-state index contributed by atoms with van der Waals surface area (Å²) in [5, 5.41) is 15.6. The number of nitro groups is 1. The van der Waals surface area contributed by atoms with E-state index in [9.17, 15) is 18.5 Å². The fourth-order valence-electron chi connectivity index (χ4n) is 2.60. The van der Waals surface area contributed by atoms with E-state index in [1.807, 2.05) is 20.8 Å². The van der Waals surface area contributed by atoms with E-state index in [4.69, 9.17) is 4.74 Å². The van der Waals surface area contributed by atoms with Crippen LogP contribution in [0, 0.1) is 16.0 Å². The highest BCUT2D eigenvalue weighted by Gasteiger charge is 2.28. The third-order valence-corrected chi connectivity index (χ3v) is 6.02. The standard InChI is InChI=1S/C16H24N4O5S/c1-4-14(12(2)3)17-18-15-6-5-13(11-16(15)20(21)22)26(23,24)19-7-9-25-10-8-19/h5-6,11-12,18H,4,7-10H2,1-3H3/b17-14-. The van der Waals surface area contributed by atoms with Gasteiger partial charge in [-0.2, -0.15) is 9.41 Å². The van der Waals surface area contributed by atoms with Crippen molar-refractivity contribution in [3.05, 3.63) is 28.3 Å². The van der Waals surface area contributed by atoms with Crippen LogP contribution >= 0.6 is 0 Å². The molecule has 1 fully saturated rings. The topological polar surface area (TPSA) is 114 Å². The molecule has 0 amide bonds. The molecule has 1 aromatic rings. The van der Waals surface area contributed by atoms with Gasteiger partial charge in [0.2, 0.25) is 10.0 Å². The molecule has 0 spiro atoms. The number of benzene rings is 1. The first-order valence-electron chi connectivity index (χ1n) is 8.46. The van der Waals surface area contributed by atoms with Crippen LogP contribution in [0.25, 0.3) is 0 Å². The Labute approximate surface area is 153 Å². The molecule has 9 nitrogen and oxygen atoms in total. The van der Waals surface area contributed by atoms with Gasteiger partial charge in [-0.25, -0.2) is 8.42 Å². The van der Waals surface area contributed by atoms with Gasteiger partial charge < -0.3 is 4.74 Å². The third-order valence-electron chi connectivity index (χ3n) is 4.12. The maximum Gasteiger partial charge on any atom is 0.295 e. The minimum atomic E-state index is -3.80. The molecular weight excluding hydrogens is 360 g/mol. The van der Waals surface area contributed by atoms with E-state index >= 15 is 0 Å². The minimum Gasteiger partial charge on any atom is -0.379 e. The molecular formula is C16H24N4O5S. The van der Waals surface area contributed by atoms with Gasteiger partial charge in [-0.3, -0.25) is 15.5 Å². The Balaban J connectivity index is 2.35. The summed E-state index contributed by atoms with van der Waals surface area (Å²) in [7, 11) is -3.80. The quantitative estimate of drug-likeness (QED) is 0.439. The molecule has 0 saturated carbocycles. The molecule has 1 aromatic carbocycles. The van der Waals surface area contributed by atoms with Gasteiger partial charge in [-0.15, -0.1) is 0 Å². The molecule has 1 saturated heterocycles. The zero-order chi connectivity index (χ0) is 19.3. The number of nitro benzene ring substituents is 1. The molecule has 0 aliphatic carbocycles. The highest BCUT2D eigenvalue weighted by Crippen LogP contribution is 2.29. The number of nitrogens with zero attached hydrogens (tertiary/aromatic N) is 3. The number of hydrogen-bond donors (Lipinski definition) is 1. The van der Waals surface area contributed by atoms with Crippen molar-refractivity contribution in [2.75, 3.05) is 31.7 Å². The first-order valence-corrected chi connectivity index (χ1v) is 9.90. The molecule has 0 radical (unpaired) electrons. The Morgan fingerprint density at radius 2 is 2.04 bits per heavy atom. The van der Waals surface area contributed by atoms with Gasteiger partial charge in [0.15, 0.2) is 0 Å². The predicted octanol–water partition coefficient (Wildman–Crippen LogP) is 2.45. The summed E-state index contributed by atoms with van der Waals surface area (Å²) in [6, 6.07) is 3.81. The number of rotatable bonds is 7. The summed E-state index contributed by atoms with van der Waals surface area (Å²) in [5.41, 5.74) is 3.39. The van der Waals surface area contributed by atoms with Gasteiger partial charge in [0.05, 0.1) is 23.0 Å². The van der Waals surface area contributed by atoms with E-state index in [0.29, 0.717) is 19.6 Å². The van der Waals surface area contributed by atoms with Crippen LogP contribution in [0.5, 0.6) is 0 Å². The van der Waals surface area contributed by atoms with Crippen LogP contribution in [0.15, 0.2) is 28.2 Å². The van der Waals surface area contributed by atoms with E-state index in [1.54, 1.807) is 0 Å². The Kier molecular flexibility index (Phi) is 6.68. The molecule has 2 rings (SSSR count). The van der Waals surface area contributed by atoms with Gasteiger partial charge in [0.1, 0.15) is 5.69 Å². The van der Waals surface area contributed by atoms with Crippen molar-refractivity contribution in [2.24, 2.45) is 11.0 Å². The maximum atomic E-state index is 12.7. The Morgan fingerprint density at radius 3 is 2.58 bits per heavy atom. The normalized spacial score (nSPS) is 16.7. The minimum absolute atomic E-state index is 0.111. The van der Waals surface area contributed by atoms with Crippen molar-refractivity contribution in [1.82, 2.24) is 4.31 Å². The second kappa shape index (κ2) is 8.56. The molecule has 144 valence electrons. The van der Waals surface area contributed by atoms with Crippen molar-refractivity contribution in [3.63, 3.8) is 0 Å². The zero-order valence-electron chi connectivity index (χ0n) is 15.1. The number of morpholine rings is 1. The number of anilines is 1. The van der Waals surface area contributed by atoms with E-state index in [-0.39, 0.29) is 35.3 Å². The summed E-state index contributed by atoms with van der Waals surface area (Å²) in [6.07, 6.45) is 0.710. The Bertz CT molecular complexity index is 786. The monoisotopic (exact) mass is 384 g/mol. The third kappa shape index (κ3) is 4.57. The number of sulfonamides is 1. The SMILES string of the molecule is CC/C(=N/Nc1ccc(S(=O)(=O)N2CCOCC2)cc1[N+](=O)[O-])C(C)C. The van der Waals surface area contributed by atoms with E-state index in [2.05, 4.69) is 10.5 Å². The number of hydrogen-bond acceptors (Lipinski definition) is 7. The van der Waals surface area contributed by atoms with Crippen molar-refractivity contribution in [2.45, 2.75) is 32.1 Å². The van der Waals surface area contributed by atoms with Crippen LogP contribution in [0.1, 0.15) is 27.2 Å². The number of hydrazone groups is 1. The van der Waals surface area contributed by atoms with Crippen molar-refractivity contribution in [1.29, 1.82) is 0 Å². The summed E-state index contributed by atoms with van der Waals surface area (Å²) in [4.78, 5) is 10.7. The van der Waals surface area contributed by atoms with Gasteiger partial charge in [0.25, 0.3) is 5.69 Å². The molecule has 10 heteroatoms. The summed E-state index contributed by atoms with van der Waals surface area (Å²) in [5.74, 6) is 0.201. The van der Waals surface area contributed by atoms with Crippen molar-refractivity contribution < 1.29 is 18.1 Å². The van der Waals surface area contributed by atoms with Crippen molar-refractivity contribution >= 4 is 27.1 Å². The summed E-state index contributed by atoms with van der Waals surface area (Å²) < 4.78 is 31.8. The van der Waals surface area contributed by atoms with E-state index in [1.165, 1.54) is 16.4 Å². The Hall–Kier alpha value is -2.04. The molecule has 1 heterocycles. The molecule has 0 bridgehead atoms. The average Bonchev–Trinajstić information content (AvgIpc) is 2.62. The van der Waals surface area contributed by atoms with Crippen LogP contribution < -0.4 is 5.43 Å². The zero-order valence-corrected chi connectivity index (χ0v) is 16.0. The lowest BCUT2D eigenvalue weighted by Crippen LogP contribution is -2.40. The lowest BCUT2D eigenvalue weighted by Gasteiger charge is -2.26. The molecule has 1 aliphatic rings. The number of nitrogens with one attached hydrogen (secondary N) is 1. The molecule has 0 unspecified atom stereocenters. The van der Waals surface area contributed by atoms with Crippen LogP contribution in [0.2, 0.25) is 0 Å². The highest BCUT2D eigenvalue weighted by molar-refractivity contribution is 7.89. The van der Waals surface area contributed by atoms with Crippen molar-refractivity contribution in [3.8, 4) is 0 Å². The lowest BCUT2D eigenvalue weighted by molar-refractivity contribution is -0.384. The van der Waals surface area contributed by atoms with Gasteiger partial charge >= 0.3 is 0 Å². The smallest absolute Gasteiger partial charge is 0.295 e. The molecule has 0 aromatic heterocycles. The number of ether oxygens (including phenoxy) is 1. The van der Waals surface area contributed by atoms with E-state index < -0.39 is 14.9 Å². The predicted molar refractivity (Wildman–Crippen MR) is 98.9 cm³/mol. The average molecular weight is 384 g/mol. The Morgan fingerprint density at radius 1 is 1.38 bits per heavy atom. The van der Waals surface area contributed by atoms with Crippen LogP contribution in [0.3, 0.4) is 0 Å². The van der Waals surface area contributed by atoms with Gasteiger partial charge in [0, 0.05) is 24.9 Å². The summed E-state index contributed by atoms with van der Waals surface area (Å²) >= 11 is 0. The first-order chi connectivity index (χ1) is 12.3. The maximum absolute atomic E-state index is 12.7. The fourth-order valence-corrected chi connectivity index (χ4v) is 4.03. The second-order valence-corrected chi connectivity index (χ2v) is 8.11. The van der Waals surface area contributed by atoms with Crippen LogP contribution in [0.4, 0.5) is 11.4 Å². The molecule has 1 aliphatic heterocycles. The second-order valence-electron chi connectivity index (χ2n) is 6.18. The van der Waals surface area contributed by atoms with Gasteiger partial charge in [-0.1, -0.05) is 20.8 Å². The fraction of sp³-hybridized carbons (Fsp3) is 0.562. The van der Waals surface area contributed by atoms with Crippen LogP contribution in [-0.4, -0.2) is 49.7 Å². The molecule has 1 N–H and O–H groups in total. The molecule has 0 atom stereocenters. The lowest BCUT2D eigenvalue weighted by atomic mass is 10.1. The largest absolute Gasteiger partial charge is 0.379 e. The van der Waals surface area contributed by atoms with Crippen LogP contribution in [-0.2, 0) is 14.8 Å². The molecule has 26 heavy (non-hydrogen) atoms. The first kappa shape index (κ1) is 20.3. The van der Waals surface area contributed by atoms with Gasteiger partial charge in [-0.05, 0) is 24.5 Å². The van der Waals surface area contributed by atoms with E-state index in [0.717, 1.165) is 11.8 Å². The summed E-state index contributed by atoms with van der Waals surface area (Å²) in [6.45, 7) is 7.00.